The van der Waals surface area contributed by atoms with Crippen LogP contribution in [0.5, 0.6) is 11.5 Å². The quantitative estimate of drug-likeness (QED) is 0.132. The van der Waals surface area contributed by atoms with Crippen LogP contribution in [0.25, 0.3) is 20.8 Å². The van der Waals surface area contributed by atoms with Crippen LogP contribution in [0.1, 0.15) is 11.1 Å². The summed E-state index contributed by atoms with van der Waals surface area (Å²) in [6, 6.07) is 18.3. The van der Waals surface area contributed by atoms with Crippen LogP contribution >= 0.6 is 23.6 Å². The van der Waals surface area contributed by atoms with Gasteiger partial charge < -0.3 is 19.7 Å². The van der Waals surface area contributed by atoms with Crippen molar-refractivity contribution >= 4 is 50.5 Å². The number of ether oxygens (including phenoxy) is 2. The van der Waals surface area contributed by atoms with E-state index in [-0.39, 0.29) is 23.2 Å². The van der Waals surface area contributed by atoms with Crippen molar-refractivity contribution in [2.24, 2.45) is 0 Å². The number of nitrogens with one attached hydrogen (secondary N) is 1. The number of methoxy groups -OCH3 is 1. The Morgan fingerprint density at radius 2 is 1.84 bits per heavy atom. The van der Waals surface area contributed by atoms with Crippen LogP contribution in [0.4, 0.5) is 14.5 Å². The molecule has 1 fully saturated rings. The van der Waals surface area contributed by atoms with Crippen molar-refractivity contribution in [2.45, 2.75) is 13.0 Å². The van der Waals surface area contributed by atoms with Gasteiger partial charge in [-0.15, -0.1) is 11.3 Å². The number of anilines is 1. The van der Waals surface area contributed by atoms with E-state index in [0.29, 0.717) is 48.8 Å². The lowest BCUT2D eigenvalue weighted by molar-refractivity contribution is -0.126. The van der Waals surface area contributed by atoms with E-state index >= 15 is 4.39 Å². The average Bonchev–Trinajstić information content (AvgIpc) is 3.65. The zero-order valence-corrected chi connectivity index (χ0v) is 26.0. The second-order valence-corrected chi connectivity index (χ2v) is 11.7. The van der Waals surface area contributed by atoms with Crippen LogP contribution in [0, 0.1) is 11.6 Å². The Balaban J connectivity index is 1.12. The summed E-state index contributed by atoms with van der Waals surface area (Å²) in [5.74, 6) is -0.813. The first-order valence-electron chi connectivity index (χ1n) is 14.3. The number of amides is 1. The number of pyridine rings is 2. The Kier molecular flexibility index (Phi) is 9.36. The second kappa shape index (κ2) is 13.7. The van der Waals surface area contributed by atoms with Gasteiger partial charge in [-0.05, 0) is 59.7 Å². The zero-order valence-electron chi connectivity index (χ0n) is 24.3. The van der Waals surface area contributed by atoms with Crippen molar-refractivity contribution in [3.05, 3.63) is 102 Å². The highest BCUT2D eigenvalue weighted by Gasteiger charge is 2.31. The molecule has 0 saturated carbocycles. The van der Waals surface area contributed by atoms with Gasteiger partial charge in [-0.2, -0.15) is 0 Å². The number of thiocarbonyl (C=S) groups is 1. The Hall–Kier alpha value is -4.36. The highest BCUT2D eigenvalue weighted by atomic mass is 32.1. The number of fused-ring (bicyclic) bond motifs is 1. The minimum absolute atomic E-state index is 0.0273. The number of hydrogen-bond acceptors (Lipinski definition) is 8. The zero-order chi connectivity index (χ0) is 31.3. The molecule has 0 atom stereocenters. The minimum atomic E-state index is -0.601. The van der Waals surface area contributed by atoms with Gasteiger partial charge in [0.05, 0.1) is 39.5 Å². The second-order valence-electron chi connectivity index (χ2n) is 10.3. The third-order valence-corrected chi connectivity index (χ3v) is 8.89. The molecule has 1 saturated heterocycles. The first-order valence-corrected chi connectivity index (χ1v) is 15.5. The van der Waals surface area contributed by atoms with Crippen molar-refractivity contribution in [2.75, 3.05) is 38.3 Å². The average molecular weight is 646 g/mol. The number of thiophene rings is 1. The Morgan fingerprint density at radius 3 is 2.62 bits per heavy atom. The standard InChI is InChI=1S/C33H29F2N5O3S2/c1-42-15-12-36-19-22-6-8-25(38-20-22)30-18-26-32(45-30)29(10-11-37-26)43-28-9-7-21(16-24(28)35)17-31(41)40-14-13-39(33(40)44)27-5-3-2-4-23(27)34/h2-11,16,18,20,36H,12-15,17,19H2,1H3. The van der Waals surface area contributed by atoms with E-state index in [4.69, 9.17) is 21.7 Å². The van der Waals surface area contributed by atoms with E-state index in [1.54, 1.807) is 48.5 Å². The lowest BCUT2D eigenvalue weighted by atomic mass is 10.1. The van der Waals surface area contributed by atoms with E-state index in [1.807, 2.05) is 24.4 Å². The van der Waals surface area contributed by atoms with Gasteiger partial charge in [0.25, 0.3) is 0 Å². The molecule has 0 radical (unpaired) electrons. The fraction of sp³-hybridized carbons (Fsp3) is 0.212. The van der Waals surface area contributed by atoms with Crippen LogP contribution in [-0.2, 0) is 22.5 Å². The lowest BCUT2D eigenvalue weighted by Gasteiger charge is -2.21. The molecule has 4 heterocycles. The molecule has 5 aromatic rings. The number of rotatable bonds is 11. The van der Waals surface area contributed by atoms with Crippen LogP contribution in [-0.4, -0.2) is 59.2 Å². The topological polar surface area (TPSA) is 79.8 Å². The van der Waals surface area contributed by atoms with Gasteiger partial charge in [-0.3, -0.25) is 19.7 Å². The Morgan fingerprint density at radius 1 is 1.00 bits per heavy atom. The molecule has 0 spiro atoms. The molecule has 0 unspecified atom stereocenters. The molecular weight excluding hydrogens is 617 g/mol. The van der Waals surface area contributed by atoms with E-state index in [0.717, 1.165) is 27.4 Å². The molecule has 12 heteroatoms. The fourth-order valence-electron chi connectivity index (χ4n) is 4.99. The summed E-state index contributed by atoms with van der Waals surface area (Å²) >= 11 is 6.93. The number of carbonyl (C=O) groups is 1. The SMILES string of the molecule is COCCNCc1ccc(-c2cc3nccc(Oc4ccc(CC(=O)N5CCN(c6ccccc6F)C5=S)cc4F)c3s2)nc1. The molecule has 1 aliphatic rings. The number of benzene rings is 2. The number of halogens is 2. The Labute approximate surface area is 268 Å². The largest absolute Gasteiger partial charge is 0.453 e. The van der Waals surface area contributed by atoms with E-state index < -0.39 is 11.6 Å². The van der Waals surface area contributed by atoms with Crippen molar-refractivity contribution in [1.29, 1.82) is 0 Å². The summed E-state index contributed by atoms with van der Waals surface area (Å²) in [6.07, 6.45) is 3.39. The predicted molar refractivity (Wildman–Crippen MR) is 175 cm³/mol. The number of nitrogens with zero attached hydrogens (tertiary/aromatic N) is 4. The normalized spacial score (nSPS) is 13.2. The van der Waals surface area contributed by atoms with E-state index in [1.165, 1.54) is 34.4 Å². The molecule has 0 aliphatic carbocycles. The van der Waals surface area contributed by atoms with Crippen LogP contribution in [0.15, 0.2) is 79.1 Å². The summed E-state index contributed by atoms with van der Waals surface area (Å²) in [5.41, 5.74) is 3.38. The molecule has 1 aliphatic heterocycles. The van der Waals surface area contributed by atoms with Gasteiger partial charge in [-0.25, -0.2) is 8.78 Å². The maximum atomic E-state index is 15.2. The molecule has 3 aromatic heterocycles. The number of para-hydroxylation sites is 1. The van der Waals surface area contributed by atoms with Gasteiger partial charge in [0.2, 0.25) is 5.91 Å². The lowest BCUT2D eigenvalue weighted by Crippen LogP contribution is -2.37. The first-order chi connectivity index (χ1) is 21.9. The van der Waals surface area contributed by atoms with Crippen LogP contribution in [0.3, 0.4) is 0 Å². The summed E-state index contributed by atoms with van der Waals surface area (Å²) in [6.45, 7) is 2.80. The van der Waals surface area contributed by atoms with Crippen molar-refractivity contribution in [1.82, 2.24) is 20.2 Å². The Bertz CT molecular complexity index is 1850. The van der Waals surface area contributed by atoms with Gasteiger partial charge in [0.1, 0.15) is 11.6 Å². The van der Waals surface area contributed by atoms with Crippen molar-refractivity contribution in [3.8, 4) is 22.1 Å². The molecule has 230 valence electrons. The van der Waals surface area contributed by atoms with Gasteiger partial charge in [-0.1, -0.05) is 24.3 Å². The summed E-state index contributed by atoms with van der Waals surface area (Å²) in [7, 11) is 1.67. The van der Waals surface area contributed by atoms with E-state index in [2.05, 4.69) is 15.3 Å². The summed E-state index contributed by atoms with van der Waals surface area (Å²) in [5, 5.41) is 3.52. The first kappa shape index (κ1) is 30.7. The summed E-state index contributed by atoms with van der Waals surface area (Å²) in [4.78, 5) is 26.1. The molecule has 2 aromatic carbocycles. The van der Waals surface area contributed by atoms with Gasteiger partial charge >= 0.3 is 0 Å². The summed E-state index contributed by atoms with van der Waals surface area (Å²) < 4.78 is 41.4. The minimum Gasteiger partial charge on any atom is -0.453 e. The fourth-order valence-corrected chi connectivity index (χ4v) is 6.42. The molecule has 45 heavy (non-hydrogen) atoms. The van der Waals surface area contributed by atoms with Gasteiger partial charge in [0.15, 0.2) is 16.7 Å². The monoisotopic (exact) mass is 645 g/mol. The third-order valence-electron chi connectivity index (χ3n) is 7.29. The molecule has 6 rings (SSSR count). The molecular formula is C33H29F2N5O3S2. The van der Waals surface area contributed by atoms with E-state index in [9.17, 15) is 9.18 Å². The van der Waals surface area contributed by atoms with Crippen molar-refractivity contribution in [3.63, 3.8) is 0 Å². The number of hydrogen-bond donors (Lipinski definition) is 1. The third kappa shape index (κ3) is 6.84. The smallest absolute Gasteiger partial charge is 0.233 e. The van der Waals surface area contributed by atoms with Crippen LogP contribution in [0.2, 0.25) is 0 Å². The van der Waals surface area contributed by atoms with Crippen LogP contribution < -0.4 is 15.0 Å². The molecule has 1 N–H and O–H groups in total. The number of aromatic nitrogens is 2. The maximum Gasteiger partial charge on any atom is 0.233 e. The maximum absolute atomic E-state index is 15.2. The predicted octanol–water partition coefficient (Wildman–Crippen LogP) is 6.34. The highest BCUT2D eigenvalue weighted by molar-refractivity contribution is 7.80. The molecule has 1 amide bonds. The van der Waals surface area contributed by atoms with Crippen molar-refractivity contribution < 1.29 is 23.0 Å². The number of carbonyl (C=O) groups excluding carboxylic acids is 1. The highest BCUT2D eigenvalue weighted by Crippen LogP contribution is 2.39. The van der Waals surface area contributed by atoms with Gasteiger partial charge in [0, 0.05) is 51.7 Å². The molecule has 0 bridgehead atoms. The molecule has 8 nitrogen and oxygen atoms in total.